The van der Waals surface area contributed by atoms with Gasteiger partial charge in [-0.2, -0.15) is 13.2 Å². The summed E-state index contributed by atoms with van der Waals surface area (Å²) in [5, 5.41) is 13.7. The van der Waals surface area contributed by atoms with E-state index in [2.05, 4.69) is 20.3 Å². The Morgan fingerprint density at radius 1 is 1.26 bits per heavy atom. The Labute approximate surface area is 184 Å². The van der Waals surface area contributed by atoms with Crippen LogP contribution in [0.4, 0.5) is 28.5 Å². The second-order valence-corrected chi connectivity index (χ2v) is 8.88. The monoisotopic (exact) mass is 475 g/mol. The van der Waals surface area contributed by atoms with Gasteiger partial charge in [-0.15, -0.1) is 0 Å². The number of aliphatic hydroxyl groups excluding tert-OH is 1. The second kappa shape index (κ2) is 9.53. The summed E-state index contributed by atoms with van der Waals surface area (Å²) < 4.78 is 53.8. The standard InChI is InChI=1S/C19H21F4N5OS2/c1-3-5-12(9(2)29)25-15-14-16(26-17(24)31-14)28-18(27-15)30-8-10-6-4-7-11(13(10)20)19(21,22)23/h4,6-7,9,12,29H,3,5,8H2,1-2H3,(H3,24,25,26,27,28)/t9-,12?/m1/s1. The van der Waals surface area contributed by atoms with Gasteiger partial charge in [0.05, 0.1) is 17.7 Å². The molecule has 0 fully saturated rings. The number of hydrogen-bond acceptors (Lipinski definition) is 8. The normalized spacial score (nSPS) is 14.0. The van der Waals surface area contributed by atoms with E-state index in [0.717, 1.165) is 24.2 Å². The van der Waals surface area contributed by atoms with E-state index in [9.17, 15) is 22.7 Å². The zero-order chi connectivity index (χ0) is 22.8. The van der Waals surface area contributed by atoms with Crippen molar-refractivity contribution in [2.24, 2.45) is 0 Å². The molecule has 2 atom stereocenters. The summed E-state index contributed by atoms with van der Waals surface area (Å²) >= 11 is 2.17. The van der Waals surface area contributed by atoms with Crippen LogP contribution in [-0.4, -0.2) is 32.2 Å². The molecule has 0 bridgehead atoms. The lowest BCUT2D eigenvalue weighted by Gasteiger charge is -2.21. The summed E-state index contributed by atoms with van der Waals surface area (Å²) in [7, 11) is 0. The van der Waals surface area contributed by atoms with E-state index in [-0.39, 0.29) is 27.6 Å². The Kier molecular flexibility index (Phi) is 7.22. The highest BCUT2D eigenvalue weighted by molar-refractivity contribution is 7.98. The van der Waals surface area contributed by atoms with Crippen LogP contribution in [0.15, 0.2) is 23.4 Å². The lowest BCUT2D eigenvalue weighted by Crippen LogP contribution is -2.31. The number of anilines is 2. The Bertz CT molecular complexity index is 1060. The maximum atomic E-state index is 14.3. The number of thioether (sulfide) groups is 1. The Hall–Kier alpha value is -2.18. The van der Waals surface area contributed by atoms with Gasteiger partial charge in [0.25, 0.3) is 0 Å². The second-order valence-electron chi connectivity index (χ2n) is 6.90. The van der Waals surface area contributed by atoms with E-state index in [0.29, 0.717) is 28.7 Å². The van der Waals surface area contributed by atoms with Crippen LogP contribution in [0, 0.1) is 5.82 Å². The number of hydrogen-bond donors (Lipinski definition) is 3. The summed E-state index contributed by atoms with van der Waals surface area (Å²) in [5.74, 6) is -0.989. The molecule has 168 valence electrons. The Balaban J connectivity index is 1.90. The maximum absolute atomic E-state index is 14.3. The average molecular weight is 476 g/mol. The van der Waals surface area contributed by atoms with Crippen LogP contribution in [0.3, 0.4) is 0 Å². The molecule has 3 aromatic rings. The SMILES string of the molecule is CCCC(Nc1nc(SCc2cccc(C(F)(F)F)c2F)nc2nc(N)sc12)[C@@H](C)O. The van der Waals surface area contributed by atoms with E-state index in [1.165, 1.54) is 17.4 Å². The molecule has 3 rings (SSSR count). The van der Waals surface area contributed by atoms with Crippen LogP contribution in [0.1, 0.15) is 37.8 Å². The number of nitrogens with zero attached hydrogens (tertiary/aromatic N) is 3. The predicted molar refractivity (Wildman–Crippen MR) is 115 cm³/mol. The van der Waals surface area contributed by atoms with E-state index in [4.69, 9.17) is 5.73 Å². The summed E-state index contributed by atoms with van der Waals surface area (Å²) in [5.41, 5.74) is 4.71. The number of nitrogens with one attached hydrogen (secondary N) is 1. The third-order valence-corrected chi connectivity index (χ3v) is 6.27. The number of aliphatic hydroxyl groups is 1. The molecule has 1 aromatic carbocycles. The van der Waals surface area contributed by atoms with Crippen molar-refractivity contribution in [1.82, 2.24) is 15.0 Å². The van der Waals surface area contributed by atoms with Crippen molar-refractivity contribution < 1.29 is 22.7 Å². The fourth-order valence-electron chi connectivity index (χ4n) is 2.96. The molecule has 0 spiro atoms. The van der Waals surface area contributed by atoms with Gasteiger partial charge in [-0.1, -0.05) is 48.6 Å². The van der Waals surface area contributed by atoms with Crippen molar-refractivity contribution in [3.63, 3.8) is 0 Å². The van der Waals surface area contributed by atoms with Crippen molar-refractivity contribution in [2.75, 3.05) is 11.1 Å². The van der Waals surface area contributed by atoms with Crippen LogP contribution in [0.2, 0.25) is 0 Å². The van der Waals surface area contributed by atoms with Gasteiger partial charge in [0.15, 0.2) is 21.8 Å². The number of rotatable bonds is 8. The van der Waals surface area contributed by atoms with Crippen LogP contribution < -0.4 is 11.1 Å². The zero-order valence-electron chi connectivity index (χ0n) is 16.7. The molecule has 1 unspecified atom stereocenters. The minimum Gasteiger partial charge on any atom is -0.391 e. The maximum Gasteiger partial charge on any atom is 0.419 e. The molecular weight excluding hydrogens is 454 g/mol. The molecule has 4 N–H and O–H groups in total. The quantitative estimate of drug-likeness (QED) is 0.237. The molecule has 0 aliphatic heterocycles. The number of nitrogen functional groups attached to an aromatic ring is 1. The van der Waals surface area contributed by atoms with Crippen molar-refractivity contribution in [1.29, 1.82) is 0 Å². The first-order valence-corrected chi connectivity index (χ1v) is 11.3. The van der Waals surface area contributed by atoms with Crippen LogP contribution in [0.25, 0.3) is 10.3 Å². The average Bonchev–Trinajstić information content (AvgIpc) is 3.06. The molecule has 6 nitrogen and oxygen atoms in total. The molecule has 2 aromatic heterocycles. The van der Waals surface area contributed by atoms with Gasteiger partial charge in [-0.3, -0.25) is 0 Å². The first kappa shape index (κ1) is 23.5. The topological polar surface area (TPSA) is 97.0 Å². The number of nitrogens with two attached hydrogens (primary N) is 1. The molecule has 0 saturated heterocycles. The van der Waals surface area contributed by atoms with Crippen molar-refractivity contribution in [2.45, 2.75) is 55.9 Å². The fourth-order valence-corrected chi connectivity index (χ4v) is 4.50. The summed E-state index contributed by atoms with van der Waals surface area (Å²) in [6.07, 6.45) is -3.90. The van der Waals surface area contributed by atoms with Gasteiger partial charge in [0, 0.05) is 5.75 Å². The zero-order valence-corrected chi connectivity index (χ0v) is 18.3. The third kappa shape index (κ3) is 5.55. The number of thiazole rings is 1. The van der Waals surface area contributed by atoms with E-state index < -0.39 is 23.7 Å². The van der Waals surface area contributed by atoms with Gasteiger partial charge < -0.3 is 16.2 Å². The van der Waals surface area contributed by atoms with Crippen molar-refractivity contribution >= 4 is 44.4 Å². The van der Waals surface area contributed by atoms with Crippen molar-refractivity contribution in [3.05, 3.63) is 35.1 Å². The minimum absolute atomic E-state index is 0.102. The highest BCUT2D eigenvalue weighted by atomic mass is 32.2. The van der Waals surface area contributed by atoms with Crippen LogP contribution >= 0.6 is 23.1 Å². The van der Waals surface area contributed by atoms with Crippen LogP contribution in [0.5, 0.6) is 0 Å². The predicted octanol–water partition coefficient (Wildman–Crippen LogP) is 5.08. The van der Waals surface area contributed by atoms with Gasteiger partial charge in [0.1, 0.15) is 10.5 Å². The molecule has 2 heterocycles. The van der Waals surface area contributed by atoms with Gasteiger partial charge in [-0.05, 0) is 25.0 Å². The number of alkyl halides is 3. The molecule has 0 aliphatic rings. The van der Waals surface area contributed by atoms with E-state index in [1.807, 2.05) is 6.92 Å². The lowest BCUT2D eigenvalue weighted by molar-refractivity contribution is -0.140. The first-order chi connectivity index (χ1) is 14.6. The molecule has 0 aliphatic carbocycles. The molecule has 31 heavy (non-hydrogen) atoms. The lowest BCUT2D eigenvalue weighted by atomic mass is 10.1. The molecule has 0 saturated carbocycles. The molecule has 0 radical (unpaired) electrons. The molecule has 0 amide bonds. The minimum atomic E-state index is -4.77. The van der Waals surface area contributed by atoms with Gasteiger partial charge in [0.2, 0.25) is 0 Å². The number of benzene rings is 1. The highest BCUT2D eigenvalue weighted by Gasteiger charge is 2.34. The highest BCUT2D eigenvalue weighted by Crippen LogP contribution is 2.35. The van der Waals surface area contributed by atoms with Gasteiger partial charge in [-0.25, -0.2) is 19.3 Å². The third-order valence-electron chi connectivity index (χ3n) is 4.49. The Morgan fingerprint density at radius 2 is 2.00 bits per heavy atom. The first-order valence-electron chi connectivity index (χ1n) is 9.46. The summed E-state index contributed by atoms with van der Waals surface area (Å²) in [6, 6.07) is 2.89. The molecule has 12 heteroatoms. The summed E-state index contributed by atoms with van der Waals surface area (Å²) in [4.78, 5) is 12.9. The van der Waals surface area contributed by atoms with E-state index >= 15 is 0 Å². The summed E-state index contributed by atoms with van der Waals surface area (Å²) in [6.45, 7) is 3.65. The number of halogens is 4. The van der Waals surface area contributed by atoms with Crippen LogP contribution in [-0.2, 0) is 11.9 Å². The molecular formula is C19H21F4N5OS2. The number of aromatic nitrogens is 3. The van der Waals surface area contributed by atoms with Gasteiger partial charge >= 0.3 is 6.18 Å². The smallest absolute Gasteiger partial charge is 0.391 e. The van der Waals surface area contributed by atoms with Crippen molar-refractivity contribution in [3.8, 4) is 0 Å². The Morgan fingerprint density at radius 3 is 2.65 bits per heavy atom. The fraction of sp³-hybridized carbons (Fsp3) is 0.421. The number of fused-ring (bicyclic) bond motifs is 1. The largest absolute Gasteiger partial charge is 0.419 e. The van der Waals surface area contributed by atoms with E-state index in [1.54, 1.807) is 6.92 Å².